The molecule has 0 amide bonds. The van der Waals surface area contributed by atoms with Gasteiger partial charge in [-0.2, -0.15) is 0 Å². The lowest BCUT2D eigenvalue weighted by Crippen LogP contribution is -1.94. The van der Waals surface area contributed by atoms with Crippen molar-refractivity contribution in [2.24, 2.45) is 0 Å². The van der Waals surface area contributed by atoms with Gasteiger partial charge in [0.2, 0.25) is 0 Å². The van der Waals surface area contributed by atoms with Gasteiger partial charge in [-0.1, -0.05) is 42.5 Å². The molecule has 2 aromatic carbocycles. The summed E-state index contributed by atoms with van der Waals surface area (Å²) < 4.78 is 5.67. The average molecular weight is 212 g/mol. The van der Waals surface area contributed by atoms with Crippen molar-refractivity contribution in [3.63, 3.8) is 0 Å². The Morgan fingerprint density at radius 2 is 1.75 bits per heavy atom. The Bertz CT molecular complexity index is 460. The van der Waals surface area contributed by atoms with Gasteiger partial charge in [0.1, 0.15) is 5.75 Å². The highest BCUT2D eigenvalue weighted by molar-refractivity contribution is 5.70. The van der Waals surface area contributed by atoms with Crippen LogP contribution in [0.2, 0.25) is 0 Å². The van der Waals surface area contributed by atoms with Crippen LogP contribution in [-0.4, -0.2) is 6.61 Å². The molecule has 1 nitrogen and oxygen atoms in total. The minimum absolute atomic E-state index is 0.698. The summed E-state index contributed by atoms with van der Waals surface area (Å²) in [6, 6.07) is 16.7. The SMILES string of the molecule is CCOc1cc(C)ccc1-c1ccccc1. The molecule has 82 valence electrons. The number of aryl methyl sites for hydroxylation is 1. The summed E-state index contributed by atoms with van der Waals surface area (Å²) in [4.78, 5) is 0. The third-order valence-electron chi connectivity index (χ3n) is 2.52. The van der Waals surface area contributed by atoms with Crippen molar-refractivity contribution in [3.8, 4) is 16.9 Å². The Morgan fingerprint density at radius 1 is 1.00 bits per heavy atom. The van der Waals surface area contributed by atoms with Gasteiger partial charge >= 0.3 is 0 Å². The fourth-order valence-corrected chi connectivity index (χ4v) is 1.76. The molecule has 1 heteroatoms. The van der Waals surface area contributed by atoms with Crippen molar-refractivity contribution >= 4 is 0 Å². The van der Waals surface area contributed by atoms with Crippen LogP contribution in [0, 0.1) is 6.92 Å². The van der Waals surface area contributed by atoms with Gasteiger partial charge in [-0.15, -0.1) is 0 Å². The van der Waals surface area contributed by atoms with Crippen LogP contribution < -0.4 is 4.74 Å². The molecular weight excluding hydrogens is 196 g/mol. The van der Waals surface area contributed by atoms with Crippen molar-refractivity contribution in [1.82, 2.24) is 0 Å². The maximum absolute atomic E-state index is 5.67. The van der Waals surface area contributed by atoms with E-state index in [1.165, 1.54) is 11.1 Å². The number of hydrogen-bond donors (Lipinski definition) is 0. The van der Waals surface area contributed by atoms with Gasteiger partial charge in [-0.25, -0.2) is 0 Å². The fourth-order valence-electron chi connectivity index (χ4n) is 1.76. The van der Waals surface area contributed by atoms with E-state index < -0.39 is 0 Å². The van der Waals surface area contributed by atoms with Crippen LogP contribution in [0.15, 0.2) is 48.5 Å². The maximum Gasteiger partial charge on any atom is 0.127 e. The fraction of sp³-hybridized carbons (Fsp3) is 0.200. The Hall–Kier alpha value is -1.76. The first-order valence-electron chi connectivity index (χ1n) is 5.60. The first-order chi connectivity index (χ1) is 7.81. The Balaban J connectivity index is 2.48. The predicted octanol–water partition coefficient (Wildman–Crippen LogP) is 4.06. The van der Waals surface area contributed by atoms with E-state index in [4.69, 9.17) is 4.74 Å². The van der Waals surface area contributed by atoms with Gasteiger partial charge in [-0.3, -0.25) is 0 Å². The second-order valence-electron chi connectivity index (χ2n) is 3.80. The molecule has 0 saturated carbocycles. The van der Waals surface area contributed by atoms with Crippen molar-refractivity contribution in [2.75, 3.05) is 6.61 Å². The van der Waals surface area contributed by atoms with Crippen LogP contribution >= 0.6 is 0 Å². The molecule has 0 heterocycles. The number of ether oxygens (including phenoxy) is 1. The second kappa shape index (κ2) is 4.84. The van der Waals surface area contributed by atoms with E-state index in [0.717, 1.165) is 11.3 Å². The van der Waals surface area contributed by atoms with E-state index in [-0.39, 0.29) is 0 Å². The standard InChI is InChI=1S/C15H16O/c1-3-16-15-11-12(2)9-10-14(15)13-7-5-4-6-8-13/h4-11H,3H2,1-2H3. The highest BCUT2D eigenvalue weighted by Crippen LogP contribution is 2.30. The van der Waals surface area contributed by atoms with Gasteiger partial charge in [0.05, 0.1) is 6.61 Å². The summed E-state index contributed by atoms with van der Waals surface area (Å²) in [7, 11) is 0. The Kier molecular flexibility index (Phi) is 3.25. The summed E-state index contributed by atoms with van der Waals surface area (Å²) >= 11 is 0. The Labute approximate surface area is 96.7 Å². The molecule has 0 N–H and O–H groups in total. The third-order valence-corrected chi connectivity index (χ3v) is 2.52. The molecule has 0 aliphatic heterocycles. The molecule has 0 spiro atoms. The second-order valence-corrected chi connectivity index (χ2v) is 3.80. The van der Waals surface area contributed by atoms with Crippen LogP contribution in [0.5, 0.6) is 5.75 Å². The van der Waals surface area contributed by atoms with Crippen molar-refractivity contribution in [2.45, 2.75) is 13.8 Å². The topological polar surface area (TPSA) is 9.23 Å². The highest BCUT2D eigenvalue weighted by Gasteiger charge is 2.05. The first kappa shape index (κ1) is 10.7. The van der Waals surface area contributed by atoms with Crippen LogP contribution in [0.25, 0.3) is 11.1 Å². The first-order valence-corrected chi connectivity index (χ1v) is 5.60. The van der Waals surface area contributed by atoms with E-state index >= 15 is 0 Å². The lowest BCUT2D eigenvalue weighted by Gasteiger charge is -2.11. The van der Waals surface area contributed by atoms with Crippen LogP contribution in [0.1, 0.15) is 12.5 Å². The molecule has 0 aromatic heterocycles. The van der Waals surface area contributed by atoms with Crippen LogP contribution in [0.4, 0.5) is 0 Å². The molecule has 0 unspecified atom stereocenters. The molecule has 0 aliphatic rings. The normalized spacial score (nSPS) is 10.1. The summed E-state index contributed by atoms with van der Waals surface area (Å²) in [5.41, 5.74) is 3.59. The minimum Gasteiger partial charge on any atom is -0.493 e. The number of hydrogen-bond acceptors (Lipinski definition) is 1. The third kappa shape index (κ3) is 2.25. The van der Waals surface area contributed by atoms with Gasteiger partial charge in [0.25, 0.3) is 0 Å². The van der Waals surface area contributed by atoms with Gasteiger partial charge in [0.15, 0.2) is 0 Å². The van der Waals surface area contributed by atoms with Crippen molar-refractivity contribution in [1.29, 1.82) is 0 Å². The van der Waals surface area contributed by atoms with Crippen LogP contribution in [-0.2, 0) is 0 Å². The lowest BCUT2D eigenvalue weighted by molar-refractivity contribution is 0.341. The highest BCUT2D eigenvalue weighted by atomic mass is 16.5. The largest absolute Gasteiger partial charge is 0.493 e. The molecule has 0 bridgehead atoms. The molecule has 0 aliphatic carbocycles. The van der Waals surface area contributed by atoms with Gasteiger partial charge < -0.3 is 4.74 Å². The Morgan fingerprint density at radius 3 is 2.44 bits per heavy atom. The number of benzene rings is 2. The quantitative estimate of drug-likeness (QED) is 0.745. The number of rotatable bonds is 3. The maximum atomic E-state index is 5.67. The molecule has 0 radical (unpaired) electrons. The zero-order chi connectivity index (χ0) is 11.4. The average Bonchev–Trinajstić information content (AvgIpc) is 2.31. The summed E-state index contributed by atoms with van der Waals surface area (Å²) in [5.74, 6) is 0.966. The van der Waals surface area contributed by atoms with E-state index in [1.807, 2.05) is 25.1 Å². The van der Waals surface area contributed by atoms with E-state index in [0.29, 0.717) is 6.61 Å². The van der Waals surface area contributed by atoms with Gasteiger partial charge in [0, 0.05) is 5.56 Å². The minimum atomic E-state index is 0.698. The van der Waals surface area contributed by atoms with Crippen molar-refractivity contribution < 1.29 is 4.74 Å². The van der Waals surface area contributed by atoms with E-state index in [1.54, 1.807) is 0 Å². The van der Waals surface area contributed by atoms with E-state index in [9.17, 15) is 0 Å². The molecule has 0 saturated heterocycles. The molecule has 0 fully saturated rings. The molecule has 0 atom stereocenters. The van der Waals surface area contributed by atoms with E-state index in [2.05, 4.69) is 37.3 Å². The molecule has 2 rings (SSSR count). The summed E-state index contributed by atoms with van der Waals surface area (Å²) in [6.07, 6.45) is 0. The molecular formula is C15H16O. The molecule has 16 heavy (non-hydrogen) atoms. The molecule has 2 aromatic rings. The summed E-state index contributed by atoms with van der Waals surface area (Å²) in [6.45, 7) is 4.79. The predicted molar refractivity (Wildman–Crippen MR) is 67.8 cm³/mol. The zero-order valence-electron chi connectivity index (χ0n) is 9.73. The monoisotopic (exact) mass is 212 g/mol. The zero-order valence-corrected chi connectivity index (χ0v) is 9.73. The van der Waals surface area contributed by atoms with Gasteiger partial charge in [-0.05, 0) is 31.0 Å². The van der Waals surface area contributed by atoms with Crippen molar-refractivity contribution in [3.05, 3.63) is 54.1 Å². The smallest absolute Gasteiger partial charge is 0.127 e. The summed E-state index contributed by atoms with van der Waals surface area (Å²) in [5, 5.41) is 0. The van der Waals surface area contributed by atoms with Crippen LogP contribution in [0.3, 0.4) is 0 Å². The lowest BCUT2D eigenvalue weighted by atomic mass is 10.0.